The van der Waals surface area contributed by atoms with Gasteiger partial charge < -0.3 is 5.32 Å². The van der Waals surface area contributed by atoms with Crippen molar-refractivity contribution < 1.29 is 0 Å². The number of likely N-dealkylation sites (N-methyl/N-ethyl adjacent to an activating group) is 1. The van der Waals surface area contributed by atoms with E-state index in [1.807, 2.05) is 13.2 Å². The summed E-state index contributed by atoms with van der Waals surface area (Å²) in [7, 11) is 2.04. The van der Waals surface area contributed by atoms with Gasteiger partial charge in [-0.3, -0.25) is 4.90 Å². The van der Waals surface area contributed by atoms with Gasteiger partial charge in [0.15, 0.2) is 0 Å². The van der Waals surface area contributed by atoms with Crippen molar-refractivity contribution in [3.8, 4) is 0 Å². The second kappa shape index (κ2) is 5.75. The SMILES string of the molecule is CNCC1CCCCN1C(C)c1nccs1. The van der Waals surface area contributed by atoms with Crippen LogP contribution in [0.4, 0.5) is 0 Å². The number of nitrogens with one attached hydrogen (secondary N) is 1. The summed E-state index contributed by atoms with van der Waals surface area (Å²) in [6.45, 7) is 4.59. The van der Waals surface area contributed by atoms with E-state index >= 15 is 0 Å². The van der Waals surface area contributed by atoms with Crippen LogP contribution in [0.3, 0.4) is 0 Å². The molecule has 90 valence electrons. The molecule has 0 radical (unpaired) electrons. The third kappa shape index (κ3) is 2.62. The Balaban J connectivity index is 2.04. The number of hydrogen-bond acceptors (Lipinski definition) is 4. The van der Waals surface area contributed by atoms with Crippen LogP contribution in [0.5, 0.6) is 0 Å². The summed E-state index contributed by atoms with van der Waals surface area (Å²) in [6, 6.07) is 1.15. The fourth-order valence-corrected chi connectivity index (χ4v) is 3.29. The highest BCUT2D eigenvalue weighted by atomic mass is 32.1. The standard InChI is InChI=1S/C12H21N3S/c1-10(12-14-6-8-16-12)15-7-4-3-5-11(15)9-13-2/h6,8,10-11,13H,3-5,7,9H2,1-2H3. The molecule has 16 heavy (non-hydrogen) atoms. The summed E-state index contributed by atoms with van der Waals surface area (Å²) in [5.41, 5.74) is 0. The summed E-state index contributed by atoms with van der Waals surface area (Å²) in [4.78, 5) is 7.05. The average Bonchev–Trinajstić information content (AvgIpc) is 2.83. The highest BCUT2D eigenvalue weighted by molar-refractivity contribution is 7.09. The zero-order chi connectivity index (χ0) is 11.4. The van der Waals surface area contributed by atoms with Gasteiger partial charge in [-0.05, 0) is 33.4 Å². The van der Waals surface area contributed by atoms with Crippen molar-refractivity contribution in [2.45, 2.75) is 38.3 Å². The summed E-state index contributed by atoms with van der Waals surface area (Å²) in [5.74, 6) is 0. The molecule has 2 unspecified atom stereocenters. The van der Waals surface area contributed by atoms with E-state index in [9.17, 15) is 0 Å². The van der Waals surface area contributed by atoms with E-state index in [-0.39, 0.29) is 0 Å². The van der Waals surface area contributed by atoms with Gasteiger partial charge in [-0.15, -0.1) is 11.3 Å². The summed E-state index contributed by atoms with van der Waals surface area (Å²) in [6.07, 6.45) is 5.92. The van der Waals surface area contributed by atoms with Crippen molar-refractivity contribution in [3.63, 3.8) is 0 Å². The molecule has 2 rings (SSSR count). The van der Waals surface area contributed by atoms with E-state index < -0.39 is 0 Å². The fourth-order valence-electron chi connectivity index (χ4n) is 2.57. The fraction of sp³-hybridized carbons (Fsp3) is 0.750. The Morgan fingerprint density at radius 2 is 2.50 bits per heavy atom. The molecule has 1 aromatic rings. The number of thiazole rings is 1. The van der Waals surface area contributed by atoms with E-state index in [1.165, 1.54) is 30.8 Å². The highest BCUT2D eigenvalue weighted by Crippen LogP contribution is 2.28. The minimum atomic E-state index is 0.471. The first-order valence-electron chi connectivity index (χ1n) is 6.12. The highest BCUT2D eigenvalue weighted by Gasteiger charge is 2.27. The zero-order valence-corrected chi connectivity index (χ0v) is 11.0. The van der Waals surface area contributed by atoms with E-state index in [0.717, 1.165) is 6.54 Å². The Hall–Kier alpha value is -0.450. The first-order chi connectivity index (χ1) is 7.83. The molecule has 0 spiro atoms. The molecular weight excluding hydrogens is 218 g/mol. The monoisotopic (exact) mass is 239 g/mol. The zero-order valence-electron chi connectivity index (χ0n) is 10.1. The molecule has 0 saturated carbocycles. The molecular formula is C12H21N3S. The van der Waals surface area contributed by atoms with Crippen LogP contribution in [0, 0.1) is 0 Å². The Bertz CT molecular complexity index is 297. The lowest BCUT2D eigenvalue weighted by atomic mass is 10.00. The maximum atomic E-state index is 4.44. The van der Waals surface area contributed by atoms with Gasteiger partial charge in [-0.1, -0.05) is 6.42 Å². The molecule has 0 amide bonds. The van der Waals surface area contributed by atoms with Gasteiger partial charge in [0.25, 0.3) is 0 Å². The maximum absolute atomic E-state index is 4.44. The lowest BCUT2D eigenvalue weighted by molar-refractivity contribution is 0.103. The minimum absolute atomic E-state index is 0.471. The molecule has 1 fully saturated rings. The predicted octanol–water partition coefficient (Wildman–Crippen LogP) is 2.28. The molecule has 0 aromatic carbocycles. The van der Waals surface area contributed by atoms with Crippen molar-refractivity contribution in [2.24, 2.45) is 0 Å². The molecule has 1 aliphatic rings. The van der Waals surface area contributed by atoms with Crippen LogP contribution in [-0.2, 0) is 0 Å². The predicted molar refractivity (Wildman–Crippen MR) is 68.8 cm³/mol. The molecule has 1 aromatic heterocycles. The average molecular weight is 239 g/mol. The molecule has 3 nitrogen and oxygen atoms in total. The third-order valence-electron chi connectivity index (χ3n) is 3.42. The van der Waals surface area contributed by atoms with Crippen molar-refractivity contribution in [1.29, 1.82) is 0 Å². The number of nitrogens with zero attached hydrogens (tertiary/aromatic N) is 2. The summed E-state index contributed by atoms with van der Waals surface area (Å²) in [5, 5.41) is 6.63. The van der Waals surface area contributed by atoms with E-state index in [4.69, 9.17) is 0 Å². The van der Waals surface area contributed by atoms with Gasteiger partial charge in [0.2, 0.25) is 0 Å². The molecule has 0 aliphatic carbocycles. The quantitative estimate of drug-likeness (QED) is 0.873. The molecule has 1 N–H and O–H groups in total. The van der Waals surface area contributed by atoms with Crippen LogP contribution in [-0.4, -0.2) is 36.1 Å². The molecule has 2 atom stereocenters. The van der Waals surface area contributed by atoms with Gasteiger partial charge in [0.1, 0.15) is 5.01 Å². The lowest BCUT2D eigenvalue weighted by Crippen LogP contribution is -2.45. The van der Waals surface area contributed by atoms with E-state index in [2.05, 4.69) is 27.5 Å². The topological polar surface area (TPSA) is 28.2 Å². The van der Waals surface area contributed by atoms with Crippen LogP contribution < -0.4 is 5.32 Å². The van der Waals surface area contributed by atoms with E-state index in [1.54, 1.807) is 11.3 Å². The summed E-state index contributed by atoms with van der Waals surface area (Å²) < 4.78 is 0. The molecule has 2 heterocycles. The van der Waals surface area contributed by atoms with Gasteiger partial charge in [0.05, 0.1) is 6.04 Å². The Labute approximate surface area is 102 Å². The lowest BCUT2D eigenvalue weighted by Gasteiger charge is -2.39. The molecule has 1 saturated heterocycles. The Kier molecular flexibility index (Phi) is 4.32. The van der Waals surface area contributed by atoms with Crippen LogP contribution in [0.25, 0.3) is 0 Å². The van der Waals surface area contributed by atoms with Crippen molar-refractivity contribution >= 4 is 11.3 Å². The largest absolute Gasteiger partial charge is 0.318 e. The molecule has 0 bridgehead atoms. The number of likely N-dealkylation sites (tertiary alicyclic amines) is 1. The van der Waals surface area contributed by atoms with Crippen molar-refractivity contribution in [1.82, 2.24) is 15.2 Å². The van der Waals surface area contributed by atoms with Crippen molar-refractivity contribution in [2.75, 3.05) is 20.1 Å². The Morgan fingerprint density at radius 1 is 1.62 bits per heavy atom. The van der Waals surface area contributed by atoms with Gasteiger partial charge >= 0.3 is 0 Å². The molecule has 1 aliphatic heterocycles. The summed E-state index contributed by atoms with van der Waals surface area (Å²) >= 11 is 1.77. The second-order valence-electron chi connectivity index (χ2n) is 4.49. The Morgan fingerprint density at radius 3 is 3.19 bits per heavy atom. The number of rotatable bonds is 4. The van der Waals surface area contributed by atoms with Crippen LogP contribution >= 0.6 is 11.3 Å². The van der Waals surface area contributed by atoms with E-state index in [0.29, 0.717) is 12.1 Å². The minimum Gasteiger partial charge on any atom is -0.318 e. The maximum Gasteiger partial charge on any atom is 0.109 e. The van der Waals surface area contributed by atoms with Gasteiger partial charge in [-0.2, -0.15) is 0 Å². The van der Waals surface area contributed by atoms with Crippen LogP contribution in [0.2, 0.25) is 0 Å². The number of piperidine rings is 1. The van der Waals surface area contributed by atoms with Gasteiger partial charge in [0, 0.05) is 24.2 Å². The number of aromatic nitrogens is 1. The van der Waals surface area contributed by atoms with Crippen LogP contribution in [0.15, 0.2) is 11.6 Å². The smallest absolute Gasteiger partial charge is 0.109 e. The van der Waals surface area contributed by atoms with Crippen molar-refractivity contribution in [3.05, 3.63) is 16.6 Å². The normalized spacial score (nSPS) is 24.5. The first kappa shape index (κ1) is 12.0. The first-order valence-corrected chi connectivity index (χ1v) is 7.00. The third-order valence-corrected chi connectivity index (χ3v) is 4.36. The number of hydrogen-bond donors (Lipinski definition) is 1. The molecule has 4 heteroatoms. The van der Waals surface area contributed by atoms with Gasteiger partial charge in [-0.25, -0.2) is 4.98 Å². The van der Waals surface area contributed by atoms with Crippen LogP contribution in [0.1, 0.15) is 37.2 Å². The second-order valence-corrected chi connectivity index (χ2v) is 5.42.